The first-order chi connectivity index (χ1) is 9.56. The molecule has 5 nitrogen and oxygen atoms in total. The van der Waals surface area contributed by atoms with Gasteiger partial charge in [-0.15, -0.1) is 0 Å². The Kier molecular flexibility index (Phi) is 6.56. The Morgan fingerprint density at radius 2 is 2.00 bits per heavy atom. The van der Waals surface area contributed by atoms with Crippen LogP contribution in [0.25, 0.3) is 0 Å². The van der Waals surface area contributed by atoms with Crippen LogP contribution in [-0.4, -0.2) is 41.9 Å². The monoisotopic (exact) mass is 278 g/mol. The first-order valence-electron chi connectivity index (χ1n) is 6.70. The lowest BCUT2D eigenvalue weighted by Crippen LogP contribution is -2.31. The van der Waals surface area contributed by atoms with Crippen molar-refractivity contribution in [1.29, 1.82) is 0 Å². The van der Waals surface area contributed by atoms with Gasteiger partial charge in [0.2, 0.25) is 0 Å². The number of carbonyl (C=O) groups excluding carboxylic acids is 1. The summed E-state index contributed by atoms with van der Waals surface area (Å²) in [6, 6.07) is 7.60. The number of amides is 1. The Hall–Kier alpha value is -2.04. The van der Waals surface area contributed by atoms with Crippen molar-refractivity contribution < 1.29 is 14.7 Å². The molecule has 5 heteroatoms. The predicted octanol–water partition coefficient (Wildman–Crippen LogP) is 2.33. The highest BCUT2D eigenvalue weighted by Gasteiger charge is 2.07. The Balaban J connectivity index is 2.44. The van der Waals surface area contributed by atoms with Crippen LogP contribution >= 0.6 is 0 Å². The van der Waals surface area contributed by atoms with E-state index in [1.807, 2.05) is 31.2 Å². The van der Waals surface area contributed by atoms with Crippen molar-refractivity contribution in [1.82, 2.24) is 4.90 Å². The first kappa shape index (κ1) is 16.0. The maximum atomic E-state index is 11.6. The van der Waals surface area contributed by atoms with Gasteiger partial charge in [0, 0.05) is 13.6 Å². The topological polar surface area (TPSA) is 62.1 Å². The summed E-state index contributed by atoms with van der Waals surface area (Å²) in [4.78, 5) is 13.2. The number of nitrogens with zero attached hydrogens (tertiary/aromatic N) is 2. The van der Waals surface area contributed by atoms with Crippen LogP contribution in [0.5, 0.6) is 5.75 Å². The lowest BCUT2D eigenvalue weighted by molar-refractivity contribution is -0.131. The first-order valence-corrected chi connectivity index (χ1v) is 6.70. The van der Waals surface area contributed by atoms with Crippen LogP contribution in [0, 0.1) is 0 Å². The minimum Gasteiger partial charge on any atom is -0.484 e. The number of carbonyl (C=O) groups is 1. The summed E-state index contributed by atoms with van der Waals surface area (Å²) in [5.41, 5.74) is 1.84. The molecule has 1 aromatic rings. The van der Waals surface area contributed by atoms with Crippen molar-refractivity contribution in [2.75, 3.05) is 20.2 Å². The standard InChI is InChI=1S/C15H22N2O3/c1-4-17(3)15(18)11-20-14-9-7-13(8-10-14)6-5-12(2)16-19/h7-10,19H,4-6,11H2,1-3H3/b16-12+. The van der Waals surface area contributed by atoms with Crippen LogP contribution < -0.4 is 4.74 Å². The number of benzene rings is 1. The van der Waals surface area contributed by atoms with Crippen molar-refractivity contribution in [3.8, 4) is 5.75 Å². The molecule has 0 fully saturated rings. The van der Waals surface area contributed by atoms with Crippen LogP contribution in [0.2, 0.25) is 0 Å². The smallest absolute Gasteiger partial charge is 0.260 e. The molecule has 0 bridgehead atoms. The average molecular weight is 278 g/mol. The van der Waals surface area contributed by atoms with Crippen LogP contribution in [-0.2, 0) is 11.2 Å². The van der Waals surface area contributed by atoms with E-state index in [0.29, 0.717) is 18.0 Å². The van der Waals surface area contributed by atoms with E-state index in [4.69, 9.17) is 9.94 Å². The number of aryl methyl sites for hydroxylation is 1. The highest BCUT2D eigenvalue weighted by Crippen LogP contribution is 2.13. The summed E-state index contributed by atoms with van der Waals surface area (Å²) in [5.74, 6) is 0.644. The summed E-state index contributed by atoms with van der Waals surface area (Å²) in [5, 5.41) is 11.7. The maximum Gasteiger partial charge on any atom is 0.260 e. The van der Waals surface area contributed by atoms with E-state index in [-0.39, 0.29) is 12.5 Å². The van der Waals surface area contributed by atoms with Gasteiger partial charge in [0.05, 0.1) is 5.71 Å². The number of ether oxygens (including phenoxy) is 1. The van der Waals surface area contributed by atoms with E-state index < -0.39 is 0 Å². The number of hydrogen-bond acceptors (Lipinski definition) is 4. The summed E-state index contributed by atoms with van der Waals surface area (Å²) in [7, 11) is 1.75. The molecule has 1 N–H and O–H groups in total. The zero-order valence-electron chi connectivity index (χ0n) is 12.3. The van der Waals surface area contributed by atoms with Gasteiger partial charge >= 0.3 is 0 Å². The number of oxime groups is 1. The van der Waals surface area contributed by atoms with Crippen LogP contribution in [0.4, 0.5) is 0 Å². The fraction of sp³-hybridized carbons (Fsp3) is 0.467. The van der Waals surface area contributed by atoms with Crippen molar-refractivity contribution in [3.05, 3.63) is 29.8 Å². The largest absolute Gasteiger partial charge is 0.484 e. The van der Waals surface area contributed by atoms with E-state index in [0.717, 1.165) is 18.4 Å². The van der Waals surface area contributed by atoms with E-state index in [9.17, 15) is 4.79 Å². The fourth-order valence-corrected chi connectivity index (χ4v) is 1.56. The Morgan fingerprint density at radius 1 is 1.35 bits per heavy atom. The van der Waals surface area contributed by atoms with Crippen LogP contribution in [0.3, 0.4) is 0 Å². The van der Waals surface area contributed by atoms with Crippen molar-refractivity contribution in [3.63, 3.8) is 0 Å². The summed E-state index contributed by atoms with van der Waals surface area (Å²) in [6.45, 7) is 4.44. The molecule has 110 valence electrons. The molecule has 0 atom stereocenters. The van der Waals surface area contributed by atoms with Gasteiger partial charge in [-0.3, -0.25) is 4.79 Å². The van der Waals surface area contributed by atoms with Gasteiger partial charge in [0.25, 0.3) is 5.91 Å². The lowest BCUT2D eigenvalue weighted by atomic mass is 10.1. The molecule has 1 aromatic carbocycles. The normalized spacial score (nSPS) is 11.2. The third-order valence-corrected chi connectivity index (χ3v) is 3.13. The highest BCUT2D eigenvalue weighted by atomic mass is 16.5. The molecule has 0 aliphatic carbocycles. The summed E-state index contributed by atoms with van der Waals surface area (Å²) in [6.07, 6.45) is 1.53. The van der Waals surface area contributed by atoms with Gasteiger partial charge in [-0.25, -0.2) is 0 Å². The molecule has 0 aromatic heterocycles. The molecule has 0 aliphatic heterocycles. The van der Waals surface area contributed by atoms with Gasteiger partial charge in [-0.05, 0) is 44.4 Å². The molecule has 0 aliphatic rings. The van der Waals surface area contributed by atoms with Crippen molar-refractivity contribution in [2.45, 2.75) is 26.7 Å². The molecular weight excluding hydrogens is 256 g/mol. The molecule has 20 heavy (non-hydrogen) atoms. The maximum absolute atomic E-state index is 11.6. The zero-order chi connectivity index (χ0) is 15.0. The quantitative estimate of drug-likeness (QED) is 0.473. The minimum atomic E-state index is -0.0358. The highest BCUT2D eigenvalue weighted by molar-refractivity contribution is 5.81. The molecule has 0 spiro atoms. The average Bonchev–Trinajstić information content (AvgIpc) is 2.50. The Labute approximate surface area is 119 Å². The second kappa shape index (κ2) is 8.19. The van der Waals surface area contributed by atoms with E-state index in [2.05, 4.69) is 5.16 Å². The van der Waals surface area contributed by atoms with Gasteiger partial charge < -0.3 is 14.8 Å². The SMILES string of the molecule is CCN(C)C(=O)COc1ccc(CC/C(C)=N/O)cc1. The third-order valence-electron chi connectivity index (χ3n) is 3.13. The van der Waals surface area contributed by atoms with Gasteiger partial charge in [0.1, 0.15) is 5.75 Å². The number of hydrogen-bond donors (Lipinski definition) is 1. The number of likely N-dealkylation sites (N-methyl/N-ethyl adjacent to an activating group) is 1. The summed E-state index contributed by atoms with van der Waals surface area (Å²) >= 11 is 0. The van der Waals surface area contributed by atoms with E-state index in [1.54, 1.807) is 18.9 Å². The van der Waals surface area contributed by atoms with Crippen molar-refractivity contribution in [2.24, 2.45) is 5.16 Å². The number of rotatable bonds is 7. The third kappa shape index (κ3) is 5.30. The molecule has 0 heterocycles. The van der Waals surface area contributed by atoms with Crippen LogP contribution in [0.1, 0.15) is 25.8 Å². The second-order valence-electron chi connectivity index (χ2n) is 4.68. The van der Waals surface area contributed by atoms with Gasteiger partial charge in [-0.2, -0.15) is 0 Å². The molecule has 0 radical (unpaired) electrons. The minimum absolute atomic E-state index is 0.0358. The lowest BCUT2D eigenvalue weighted by Gasteiger charge is -2.14. The molecule has 0 saturated carbocycles. The van der Waals surface area contributed by atoms with Crippen LogP contribution in [0.15, 0.2) is 29.4 Å². The Bertz CT molecular complexity index is 455. The van der Waals surface area contributed by atoms with Gasteiger partial charge in [-0.1, -0.05) is 17.3 Å². The zero-order valence-corrected chi connectivity index (χ0v) is 12.3. The predicted molar refractivity (Wildman–Crippen MR) is 78.5 cm³/mol. The van der Waals surface area contributed by atoms with E-state index >= 15 is 0 Å². The fourth-order valence-electron chi connectivity index (χ4n) is 1.56. The van der Waals surface area contributed by atoms with E-state index in [1.165, 1.54) is 0 Å². The molecule has 0 unspecified atom stereocenters. The second-order valence-corrected chi connectivity index (χ2v) is 4.68. The van der Waals surface area contributed by atoms with Gasteiger partial charge in [0.15, 0.2) is 6.61 Å². The molecule has 1 rings (SSSR count). The molecule has 0 saturated heterocycles. The molecular formula is C15H22N2O3. The van der Waals surface area contributed by atoms with Crippen molar-refractivity contribution >= 4 is 11.6 Å². The molecule has 1 amide bonds. The summed E-state index contributed by atoms with van der Waals surface area (Å²) < 4.78 is 5.44. The Morgan fingerprint density at radius 3 is 2.55 bits per heavy atom.